The molecule has 1 fully saturated rings. The van der Waals surface area contributed by atoms with Gasteiger partial charge in [-0.25, -0.2) is 9.97 Å². The van der Waals surface area contributed by atoms with E-state index in [4.69, 9.17) is 10.2 Å². The van der Waals surface area contributed by atoms with E-state index in [9.17, 15) is 4.79 Å². The Morgan fingerprint density at radius 1 is 1.44 bits per heavy atom. The van der Waals surface area contributed by atoms with Gasteiger partial charge in [-0.1, -0.05) is 13.3 Å². The number of aromatic nitrogens is 4. The quantitative estimate of drug-likeness (QED) is 0.715. The number of aldehydes is 1. The minimum absolute atomic E-state index is 0.0139. The molecule has 0 aromatic carbocycles. The highest BCUT2D eigenvalue weighted by molar-refractivity contribution is 5.75. The number of aromatic amines is 1. The molecule has 0 aliphatic carbocycles. The van der Waals surface area contributed by atoms with Crippen LogP contribution in [0.5, 0.6) is 0 Å². The van der Waals surface area contributed by atoms with Crippen LogP contribution in [0.3, 0.4) is 0 Å². The van der Waals surface area contributed by atoms with Gasteiger partial charge >= 0.3 is 0 Å². The summed E-state index contributed by atoms with van der Waals surface area (Å²) in [4.78, 5) is 21.5. The fraction of sp³-hybridized carbons (Fsp3) is 0.444. The predicted molar refractivity (Wildman–Crippen MR) is 95.1 cm³/mol. The Balaban J connectivity index is 0.000000324. The monoisotopic (exact) mass is 338 g/mol. The van der Waals surface area contributed by atoms with Crippen molar-refractivity contribution in [1.82, 2.24) is 24.7 Å². The summed E-state index contributed by atoms with van der Waals surface area (Å²) in [7, 11) is 0. The minimum Gasteiger partial charge on any atom is -0.345 e. The third kappa shape index (κ3) is 3.39. The van der Waals surface area contributed by atoms with Crippen molar-refractivity contribution < 1.29 is 4.79 Å². The summed E-state index contributed by atoms with van der Waals surface area (Å²) in [6.45, 7) is 4.43. The second-order valence-corrected chi connectivity index (χ2v) is 6.14. The molecule has 1 aliphatic rings. The Kier molecular flexibility index (Phi) is 5.41. The zero-order chi connectivity index (χ0) is 17.6. The van der Waals surface area contributed by atoms with Gasteiger partial charge < -0.3 is 15.1 Å². The van der Waals surface area contributed by atoms with Crippen LogP contribution in [0.2, 0.25) is 0 Å². The third-order valence-electron chi connectivity index (χ3n) is 4.74. The fourth-order valence-electron chi connectivity index (χ4n) is 3.50. The second-order valence-electron chi connectivity index (χ2n) is 6.14. The number of nitrogens with one attached hydrogen (secondary N) is 2. The van der Waals surface area contributed by atoms with Crippen LogP contribution < -0.4 is 5.32 Å². The van der Waals surface area contributed by atoms with Crippen LogP contribution in [0.1, 0.15) is 37.9 Å². The van der Waals surface area contributed by atoms with Crippen molar-refractivity contribution in [2.45, 2.75) is 32.1 Å². The van der Waals surface area contributed by atoms with Gasteiger partial charge in [-0.2, -0.15) is 5.26 Å². The lowest BCUT2D eigenvalue weighted by molar-refractivity contribution is -0.107. The van der Waals surface area contributed by atoms with Gasteiger partial charge in [-0.15, -0.1) is 0 Å². The number of fused-ring (bicyclic) bond motifs is 3. The molecule has 0 unspecified atom stereocenters. The predicted octanol–water partition coefficient (Wildman–Crippen LogP) is 2.41. The van der Waals surface area contributed by atoms with Crippen LogP contribution in [0.25, 0.3) is 16.7 Å². The topological polar surface area (TPSA) is 98.9 Å². The minimum atomic E-state index is 0.0139. The number of hydrogen-bond acceptors (Lipinski definition) is 5. The molecule has 7 heteroatoms. The standard InChI is InChI=1S/C15H19N5.C3H3NO/c1-2-10-3-5-16-9-12(10)15-19-8-11-7-18-14-13(20(11)15)4-6-17-14;4-2-1-3-5/h4,6-8,10,12,16-17H,2-3,5,9H2,1H3;3H,1H2/t10-,12+;/m1./s1. The number of nitrogens with zero attached hydrogens (tertiary/aromatic N) is 4. The van der Waals surface area contributed by atoms with Crippen LogP contribution in [-0.2, 0) is 4.79 Å². The Morgan fingerprint density at radius 2 is 2.28 bits per heavy atom. The lowest BCUT2D eigenvalue weighted by Gasteiger charge is -2.30. The largest absolute Gasteiger partial charge is 0.345 e. The Morgan fingerprint density at radius 3 is 3.00 bits per heavy atom. The van der Waals surface area contributed by atoms with Gasteiger partial charge in [-0.3, -0.25) is 4.40 Å². The molecule has 3 aromatic heterocycles. The molecule has 1 saturated heterocycles. The van der Waals surface area contributed by atoms with Gasteiger partial charge in [-0.05, 0) is 24.9 Å². The second kappa shape index (κ2) is 7.90. The molecule has 0 amide bonds. The SMILES string of the molecule is CC[C@@H]1CCNC[C@@H]1c1ncc2cnc3[nH]ccc3n12.N#CCC=O. The third-order valence-corrected chi connectivity index (χ3v) is 4.74. The Bertz CT molecular complexity index is 890. The lowest BCUT2D eigenvalue weighted by Crippen LogP contribution is -2.35. The number of rotatable bonds is 3. The first-order valence-corrected chi connectivity index (χ1v) is 8.60. The normalized spacial score (nSPS) is 20.0. The van der Waals surface area contributed by atoms with Gasteiger partial charge in [0.25, 0.3) is 0 Å². The van der Waals surface area contributed by atoms with Crippen molar-refractivity contribution in [1.29, 1.82) is 5.26 Å². The number of carbonyl (C=O) groups is 1. The van der Waals surface area contributed by atoms with Crippen molar-refractivity contribution in [2.75, 3.05) is 13.1 Å². The maximum atomic E-state index is 9.18. The molecule has 7 nitrogen and oxygen atoms in total. The maximum Gasteiger partial charge on any atom is 0.154 e. The molecule has 0 saturated carbocycles. The number of nitriles is 1. The first-order chi connectivity index (χ1) is 12.3. The summed E-state index contributed by atoms with van der Waals surface area (Å²) in [5.74, 6) is 2.37. The zero-order valence-electron chi connectivity index (χ0n) is 14.3. The fourth-order valence-corrected chi connectivity index (χ4v) is 3.50. The van der Waals surface area contributed by atoms with E-state index in [1.807, 2.05) is 18.6 Å². The lowest BCUT2D eigenvalue weighted by atomic mass is 9.84. The summed E-state index contributed by atoms with van der Waals surface area (Å²) >= 11 is 0. The van der Waals surface area contributed by atoms with Gasteiger partial charge in [0, 0.05) is 18.7 Å². The Hall–Kier alpha value is -2.72. The van der Waals surface area contributed by atoms with Gasteiger partial charge in [0.15, 0.2) is 5.65 Å². The van der Waals surface area contributed by atoms with Crippen LogP contribution in [0, 0.1) is 17.2 Å². The summed E-state index contributed by atoms with van der Waals surface area (Å²) < 4.78 is 2.26. The van der Waals surface area contributed by atoms with Crippen molar-refractivity contribution in [3.05, 3.63) is 30.5 Å². The average molecular weight is 338 g/mol. The number of hydrogen-bond donors (Lipinski definition) is 2. The average Bonchev–Trinajstić information content (AvgIpc) is 3.29. The van der Waals surface area contributed by atoms with Gasteiger partial charge in [0.2, 0.25) is 0 Å². The molecule has 130 valence electrons. The molecular weight excluding hydrogens is 316 g/mol. The molecule has 0 radical (unpaired) electrons. The molecule has 2 N–H and O–H groups in total. The number of H-pyrrole nitrogens is 1. The smallest absolute Gasteiger partial charge is 0.154 e. The van der Waals surface area contributed by atoms with Crippen molar-refractivity contribution in [3.63, 3.8) is 0 Å². The van der Waals surface area contributed by atoms with E-state index in [2.05, 4.69) is 32.7 Å². The molecule has 25 heavy (non-hydrogen) atoms. The number of piperidine rings is 1. The van der Waals surface area contributed by atoms with Gasteiger partial charge in [0.05, 0.1) is 35.9 Å². The summed E-state index contributed by atoms with van der Waals surface area (Å²) in [6, 6.07) is 3.73. The highest BCUT2D eigenvalue weighted by Gasteiger charge is 2.28. The van der Waals surface area contributed by atoms with Crippen molar-refractivity contribution in [2.24, 2.45) is 5.92 Å². The van der Waals surface area contributed by atoms with Crippen LogP contribution >= 0.6 is 0 Å². The van der Waals surface area contributed by atoms with E-state index < -0.39 is 0 Å². The van der Waals surface area contributed by atoms with Crippen molar-refractivity contribution >= 4 is 23.0 Å². The van der Waals surface area contributed by atoms with E-state index >= 15 is 0 Å². The van der Waals surface area contributed by atoms with E-state index in [-0.39, 0.29) is 6.42 Å². The first kappa shape index (κ1) is 17.1. The molecule has 3 aromatic rings. The van der Waals surface area contributed by atoms with E-state index in [1.165, 1.54) is 18.7 Å². The first-order valence-electron chi connectivity index (χ1n) is 8.60. The molecule has 0 bridgehead atoms. The molecule has 0 spiro atoms. The summed E-state index contributed by atoms with van der Waals surface area (Å²) in [6.07, 6.45) is 8.81. The van der Waals surface area contributed by atoms with Crippen LogP contribution in [0.4, 0.5) is 0 Å². The van der Waals surface area contributed by atoms with Crippen LogP contribution in [0.15, 0.2) is 24.7 Å². The molecular formula is C18H22N6O. The number of carbonyl (C=O) groups excluding carboxylic acids is 1. The van der Waals surface area contributed by atoms with Crippen LogP contribution in [-0.4, -0.2) is 38.7 Å². The van der Waals surface area contributed by atoms with E-state index in [1.54, 1.807) is 6.07 Å². The maximum absolute atomic E-state index is 9.18. The summed E-state index contributed by atoms with van der Waals surface area (Å²) in [5, 5.41) is 11.1. The summed E-state index contributed by atoms with van der Waals surface area (Å²) in [5.41, 5.74) is 3.12. The Labute approximate surface area is 146 Å². The highest BCUT2D eigenvalue weighted by Crippen LogP contribution is 2.32. The molecule has 1 aliphatic heterocycles. The molecule has 4 rings (SSSR count). The number of imidazole rings is 1. The molecule has 4 heterocycles. The van der Waals surface area contributed by atoms with Crippen molar-refractivity contribution in [3.8, 4) is 6.07 Å². The van der Waals surface area contributed by atoms with E-state index in [0.29, 0.717) is 18.1 Å². The zero-order valence-corrected chi connectivity index (χ0v) is 14.3. The van der Waals surface area contributed by atoms with Gasteiger partial charge in [0.1, 0.15) is 12.1 Å². The van der Waals surface area contributed by atoms with E-state index in [0.717, 1.165) is 29.8 Å². The molecule has 2 atom stereocenters. The highest BCUT2D eigenvalue weighted by atomic mass is 16.1.